The zero-order valence-corrected chi connectivity index (χ0v) is 15.0. The summed E-state index contributed by atoms with van der Waals surface area (Å²) in [6.07, 6.45) is 0. The van der Waals surface area contributed by atoms with Gasteiger partial charge in [-0.2, -0.15) is 5.26 Å². The second-order valence-corrected chi connectivity index (χ2v) is 7.45. The number of hydrogen-bond acceptors (Lipinski definition) is 4. The lowest BCUT2D eigenvalue weighted by Gasteiger charge is -2.45. The van der Waals surface area contributed by atoms with Crippen LogP contribution >= 0.6 is 22.9 Å². The Bertz CT molecular complexity index is 922. The first-order valence-electron chi connectivity index (χ1n) is 7.37. The van der Waals surface area contributed by atoms with Gasteiger partial charge in [-0.3, -0.25) is 15.1 Å². The molecule has 1 aliphatic heterocycles. The van der Waals surface area contributed by atoms with Crippen LogP contribution in [0, 0.1) is 22.6 Å². The fourth-order valence-electron chi connectivity index (χ4n) is 3.00. The average molecular weight is 377 g/mol. The van der Waals surface area contributed by atoms with E-state index in [0.29, 0.717) is 10.4 Å². The molecule has 5 nitrogen and oxygen atoms in total. The molecule has 1 aliphatic rings. The smallest absolute Gasteiger partial charge is 0.239 e. The number of nitrogens with zero attached hydrogens (tertiary/aromatic N) is 2. The van der Waals surface area contributed by atoms with Crippen molar-refractivity contribution >= 4 is 34.8 Å². The number of nitrogens with one attached hydrogen (secondary N) is 2. The predicted octanol–water partition coefficient (Wildman–Crippen LogP) is 3.41. The van der Waals surface area contributed by atoms with Gasteiger partial charge in [0, 0.05) is 11.9 Å². The molecule has 0 spiro atoms. The summed E-state index contributed by atoms with van der Waals surface area (Å²) in [6, 6.07) is 9.75. The minimum atomic E-state index is -0.985. The number of guanidine groups is 1. The Balaban J connectivity index is 2.18. The first-order valence-corrected chi connectivity index (χ1v) is 8.57. The third kappa shape index (κ3) is 2.77. The van der Waals surface area contributed by atoms with E-state index in [0.717, 1.165) is 4.88 Å². The molecule has 1 saturated heterocycles. The molecule has 128 valence electrons. The van der Waals surface area contributed by atoms with E-state index in [9.17, 15) is 9.18 Å². The highest BCUT2D eigenvalue weighted by molar-refractivity contribution is 7.12. The van der Waals surface area contributed by atoms with E-state index >= 15 is 0 Å². The van der Waals surface area contributed by atoms with Crippen molar-refractivity contribution in [2.45, 2.75) is 18.4 Å². The Labute approximate surface area is 153 Å². The Hall–Kier alpha value is -2.43. The number of rotatable bonds is 2. The van der Waals surface area contributed by atoms with Gasteiger partial charge < -0.3 is 5.32 Å². The number of nitriles is 1. The van der Waals surface area contributed by atoms with E-state index in [1.807, 2.05) is 0 Å². The number of hydrogen-bond donors (Lipinski definition) is 2. The highest BCUT2D eigenvalue weighted by Gasteiger charge is 2.49. The van der Waals surface area contributed by atoms with E-state index < -0.39 is 17.3 Å². The topological polar surface area (TPSA) is 80.0 Å². The number of carbonyl (C=O) groups is 1. The maximum atomic E-state index is 14.0. The molecule has 1 amide bonds. The predicted molar refractivity (Wildman–Crippen MR) is 94.2 cm³/mol. The molecule has 2 heterocycles. The van der Waals surface area contributed by atoms with Crippen LogP contribution in [0.3, 0.4) is 0 Å². The van der Waals surface area contributed by atoms with Crippen LogP contribution in [0.5, 0.6) is 0 Å². The van der Waals surface area contributed by atoms with E-state index in [1.165, 1.54) is 35.4 Å². The van der Waals surface area contributed by atoms with Gasteiger partial charge in [-0.25, -0.2) is 4.39 Å². The lowest BCUT2D eigenvalue weighted by molar-refractivity contribution is -0.131. The minimum Gasteiger partial charge on any atom is -0.345 e. The molecular formula is C17H14ClFN4OS. The second kappa shape index (κ2) is 6.14. The van der Waals surface area contributed by atoms with Crippen LogP contribution in [0.4, 0.5) is 4.39 Å². The second-order valence-electron chi connectivity index (χ2n) is 5.96. The summed E-state index contributed by atoms with van der Waals surface area (Å²) in [6.45, 7) is 1.77. The van der Waals surface area contributed by atoms with Crippen LogP contribution in [-0.2, 0) is 10.3 Å². The monoisotopic (exact) mass is 376 g/mol. The molecule has 1 aromatic carbocycles. The summed E-state index contributed by atoms with van der Waals surface area (Å²) in [4.78, 5) is 15.3. The normalized spacial score (nSPS) is 23.3. The Morgan fingerprint density at radius 2 is 2.16 bits per heavy atom. The summed E-state index contributed by atoms with van der Waals surface area (Å²) in [5.74, 6) is -1.77. The molecule has 2 N–H and O–H groups in total. The average Bonchev–Trinajstić information content (AvgIpc) is 3.06. The number of amides is 1. The highest BCUT2D eigenvalue weighted by Crippen LogP contribution is 2.43. The summed E-state index contributed by atoms with van der Waals surface area (Å²) >= 11 is 7.00. The molecule has 0 saturated carbocycles. The fourth-order valence-corrected chi connectivity index (χ4v) is 4.05. The van der Waals surface area contributed by atoms with Crippen molar-refractivity contribution in [3.05, 3.63) is 56.5 Å². The van der Waals surface area contributed by atoms with Gasteiger partial charge in [0.2, 0.25) is 5.91 Å². The molecular weight excluding hydrogens is 363 g/mol. The van der Waals surface area contributed by atoms with Crippen LogP contribution in [0.1, 0.15) is 28.2 Å². The Morgan fingerprint density at radius 1 is 1.44 bits per heavy atom. The van der Waals surface area contributed by atoms with Crippen LogP contribution in [0.2, 0.25) is 5.02 Å². The van der Waals surface area contributed by atoms with Gasteiger partial charge in [0.05, 0.1) is 16.5 Å². The quantitative estimate of drug-likeness (QED) is 0.842. The third-order valence-electron chi connectivity index (χ3n) is 4.37. The molecule has 8 heteroatoms. The maximum Gasteiger partial charge on any atom is 0.239 e. The number of benzene rings is 1. The summed E-state index contributed by atoms with van der Waals surface area (Å²) < 4.78 is 14.0. The van der Waals surface area contributed by atoms with Crippen LogP contribution < -0.4 is 5.32 Å². The number of carbonyl (C=O) groups excluding carboxylic acids is 1. The van der Waals surface area contributed by atoms with E-state index in [2.05, 4.69) is 11.4 Å². The third-order valence-corrected chi connectivity index (χ3v) is 5.91. The molecule has 0 aliphatic carbocycles. The molecule has 1 fully saturated rings. The molecule has 0 radical (unpaired) electrons. The zero-order chi connectivity index (χ0) is 18.4. The first kappa shape index (κ1) is 17.4. The van der Waals surface area contributed by atoms with Gasteiger partial charge in [0.1, 0.15) is 16.8 Å². The summed E-state index contributed by atoms with van der Waals surface area (Å²) in [5, 5.41) is 20.2. The highest BCUT2D eigenvalue weighted by atomic mass is 35.5. The molecule has 2 aromatic rings. The van der Waals surface area contributed by atoms with Gasteiger partial charge in [-0.15, -0.1) is 11.3 Å². The van der Waals surface area contributed by atoms with Crippen LogP contribution in [0.15, 0.2) is 30.3 Å². The lowest BCUT2D eigenvalue weighted by atomic mass is 9.77. The zero-order valence-electron chi connectivity index (χ0n) is 13.4. The molecule has 0 unspecified atom stereocenters. The van der Waals surface area contributed by atoms with E-state index in [4.69, 9.17) is 22.3 Å². The van der Waals surface area contributed by atoms with E-state index in [-0.39, 0.29) is 16.9 Å². The van der Waals surface area contributed by atoms with Crippen molar-refractivity contribution in [1.82, 2.24) is 10.2 Å². The molecule has 3 rings (SSSR count). The lowest BCUT2D eigenvalue weighted by Crippen LogP contribution is -2.62. The Kier molecular flexibility index (Phi) is 4.27. The van der Waals surface area contributed by atoms with Crippen molar-refractivity contribution in [3.8, 4) is 6.07 Å². The summed E-state index contributed by atoms with van der Waals surface area (Å²) in [5.41, 5.74) is -0.533. The van der Waals surface area contributed by atoms with E-state index in [1.54, 1.807) is 25.1 Å². The van der Waals surface area contributed by atoms with Gasteiger partial charge in [-0.05, 0) is 36.8 Å². The molecule has 25 heavy (non-hydrogen) atoms. The standard InChI is InChI=1S/C17H14ClFN4OS/c1-17(13-6-4-10(8-20)25-13)14(15(24)23(2)16(21)22-17)9-3-5-11(18)12(19)7-9/h3-7,14H,1-2H3,(H2,21,22)/t14-,17-/m1/s1. The van der Waals surface area contributed by atoms with Crippen molar-refractivity contribution in [2.24, 2.45) is 0 Å². The largest absolute Gasteiger partial charge is 0.345 e. The minimum absolute atomic E-state index is 0.0225. The van der Waals surface area contributed by atoms with Crippen molar-refractivity contribution in [1.29, 1.82) is 10.7 Å². The van der Waals surface area contributed by atoms with Crippen molar-refractivity contribution in [3.63, 3.8) is 0 Å². The molecule has 0 bridgehead atoms. The number of thiophene rings is 1. The fraction of sp³-hybridized carbons (Fsp3) is 0.235. The van der Waals surface area contributed by atoms with Crippen LogP contribution in [0.25, 0.3) is 0 Å². The van der Waals surface area contributed by atoms with Crippen molar-refractivity contribution < 1.29 is 9.18 Å². The van der Waals surface area contributed by atoms with Gasteiger partial charge in [-0.1, -0.05) is 17.7 Å². The van der Waals surface area contributed by atoms with Gasteiger partial charge in [0.15, 0.2) is 5.96 Å². The van der Waals surface area contributed by atoms with Gasteiger partial charge >= 0.3 is 0 Å². The molecule has 1 aromatic heterocycles. The van der Waals surface area contributed by atoms with Crippen molar-refractivity contribution in [2.75, 3.05) is 7.05 Å². The van der Waals surface area contributed by atoms with Crippen LogP contribution in [-0.4, -0.2) is 23.8 Å². The SMILES string of the molecule is CN1C(=N)N[C@](C)(c2ccc(C#N)s2)[C@H](c2ccc(Cl)c(F)c2)C1=O. The van der Waals surface area contributed by atoms with Gasteiger partial charge in [0.25, 0.3) is 0 Å². The summed E-state index contributed by atoms with van der Waals surface area (Å²) in [7, 11) is 1.49. The maximum absolute atomic E-state index is 14.0. The number of likely N-dealkylation sites (N-methyl/N-ethyl adjacent to an activating group) is 1. The first-order chi connectivity index (χ1) is 11.8. The molecule has 2 atom stereocenters. The number of halogens is 2. The Morgan fingerprint density at radius 3 is 2.76 bits per heavy atom.